The molecule has 0 unspecified atom stereocenters. The predicted molar refractivity (Wildman–Crippen MR) is 75.5 cm³/mol. The van der Waals surface area contributed by atoms with E-state index in [9.17, 15) is 4.79 Å². The van der Waals surface area contributed by atoms with Crippen molar-refractivity contribution in [1.29, 1.82) is 0 Å². The van der Waals surface area contributed by atoms with Crippen LogP contribution in [-0.4, -0.2) is 11.3 Å². The summed E-state index contributed by atoms with van der Waals surface area (Å²) in [5, 5.41) is 2.48. The normalized spacial score (nSPS) is 11.6. The van der Waals surface area contributed by atoms with E-state index in [1.54, 1.807) is 0 Å². The molecule has 3 aromatic rings. The molecule has 0 saturated carbocycles. The number of hydrogen-bond acceptors (Lipinski definition) is 1. The molecular weight excluding hydrogens is 222 g/mol. The average Bonchev–Trinajstić information content (AvgIpc) is 2.76. The molecule has 0 radical (unpaired) electrons. The third-order valence-electron chi connectivity index (χ3n) is 3.07. The van der Waals surface area contributed by atoms with Gasteiger partial charge in [0.2, 0.25) is 0 Å². The first-order valence-electron chi connectivity index (χ1n) is 5.99. The number of benzene rings is 2. The summed E-state index contributed by atoms with van der Waals surface area (Å²) < 4.78 is 0. The van der Waals surface area contributed by atoms with Crippen LogP contribution in [0.4, 0.5) is 0 Å². The molecule has 1 heterocycles. The van der Waals surface area contributed by atoms with Crippen LogP contribution in [-0.2, 0) is 4.79 Å². The SMILES string of the molecule is O=CCC=Cc1ccc2c(c1)[nH]c1ccccc12. The molecule has 1 aromatic heterocycles. The van der Waals surface area contributed by atoms with E-state index in [0.29, 0.717) is 6.42 Å². The molecule has 0 saturated heterocycles. The number of aldehydes is 1. The van der Waals surface area contributed by atoms with Crippen molar-refractivity contribution in [3.05, 3.63) is 54.1 Å². The van der Waals surface area contributed by atoms with Crippen molar-refractivity contribution in [2.45, 2.75) is 6.42 Å². The Morgan fingerprint density at radius 1 is 1.00 bits per heavy atom. The monoisotopic (exact) mass is 235 g/mol. The summed E-state index contributed by atoms with van der Waals surface area (Å²) in [6, 6.07) is 14.6. The molecule has 0 atom stereocenters. The smallest absolute Gasteiger partial charge is 0.123 e. The third kappa shape index (κ3) is 1.82. The van der Waals surface area contributed by atoms with Crippen LogP contribution in [0.2, 0.25) is 0 Å². The fraction of sp³-hybridized carbons (Fsp3) is 0.0625. The van der Waals surface area contributed by atoms with Crippen LogP contribution < -0.4 is 0 Å². The highest BCUT2D eigenvalue weighted by Crippen LogP contribution is 2.26. The Balaban J connectivity index is 2.12. The zero-order valence-corrected chi connectivity index (χ0v) is 9.89. The van der Waals surface area contributed by atoms with Crippen molar-refractivity contribution in [2.75, 3.05) is 0 Å². The van der Waals surface area contributed by atoms with Gasteiger partial charge < -0.3 is 9.78 Å². The van der Waals surface area contributed by atoms with Crippen LogP contribution in [0.1, 0.15) is 12.0 Å². The number of para-hydroxylation sites is 1. The van der Waals surface area contributed by atoms with E-state index in [0.717, 1.165) is 22.9 Å². The van der Waals surface area contributed by atoms with E-state index in [1.807, 2.05) is 24.3 Å². The molecule has 18 heavy (non-hydrogen) atoms. The van der Waals surface area contributed by atoms with Crippen molar-refractivity contribution in [3.63, 3.8) is 0 Å². The largest absolute Gasteiger partial charge is 0.354 e. The Labute approximate surface area is 105 Å². The summed E-state index contributed by atoms with van der Waals surface area (Å²) in [4.78, 5) is 13.7. The summed E-state index contributed by atoms with van der Waals surface area (Å²) in [6.45, 7) is 0. The van der Waals surface area contributed by atoms with Gasteiger partial charge in [-0.2, -0.15) is 0 Å². The molecule has 0 fully saturated rings. The second-order valence-electron chi connectivity index (χ2n) is 4.28. The molecule has 0 aliphatic heterocycles. The van der Waals surface area contributed by atoms with Gasteiger partial charge in [0.25, 0.3) is 0 Å². The molecule has 2 nitrogen and oxygen atoms in total. The van der Waals surface area contributed by atoms with Crippen LogP contribution in [0.3, 0.4) is 0 Å². The molecule has 2 heteroatoms. The number of allylic oxidation sites excluding steroid dienone is 1. The maximum Gasteiger partial charge on any atom is 0.123 e. The second-order valence-corrected chi connectivity index (χ2v) is 4.28. The van der Waals surface area contributed by atoms with E-state index < -0.39 is 0 Å². The lowest BCUT2D eigenvalue weighted by atomic mass is 10.1. The van der Waals surface area contributed by atoms with Gasteiger partial charge in [-0.15, -0.1) is 0 Å². The lowest BCUT2D eigenvalue weighted by Crippen LogP contribution is -1.74. The fourth-order valence-corrected chi connectivity index (χ4v) is 2.24. The molecule has 2 aromatic carbocycles. The van der Waals surface area contributed by atoms with Gasteiger partial charge in [0.15, 0.2) is 0 Å². The zero-order chi connectivity index (χ0) is 12.4. The van der Waals surface area contributed by atoms with E-state index >= 15 is 0 Å². The Morgan fingerprint density at radius 3 is 2.72 bits per heavy atom. The van der Waals surface area contributed by atoms with Gasteiger partial charge in [-0.3, -0.25) is 0 Å². The molecular formula is C16H13NO. The highest BCUT2D eigenvalue weighted by atomic mass is 16.1. The molecule has 1 N–H and O–H groups in total. The topological polar surface area (TPSA) is 32.9 Å². The van der Waals surface area contributed by atoms with Gasteiger partial charge in [0, 0.05) is 28.2 Å². The summed E-state index contributed by atoms with van der Waals surface area (Å²) in [7, 11) is 0. The van der Waals surface area contributed by atoms with Gasteiger partial charge in [-0.25, -0.2) is 0 Å². The molecule has 0 bridgehead atoms. The van der Waals surface area contributed by atoms with Crippen LogP contribution in [0.5, 0.6) is 0 Å². The van der Waals surface area contributed by atoms with Gasteiger partial charge in [-0.1, -0.05) is 42.5 Å². The van der Waals surface area contributed by atoms with Gasteiger partial charge in [0.05, 0.1) is 0 Å². The lowest BCUT2D eigenvalue weighted by molar-refractivity contribution is -0.107. The van der Waals surface area contributed by atoms with E-state index in [1.165, 1.54) is 10.8 Å². The summed E-state index contributed by atoms with van der Waals surface area (Å²) in [6.07, 6.45) is 5.21. The minimum Gasteiger partial charge on any atom is -0.354 e. The van der Waals surface area contributed by atoms with Crippen molar-refractivity contribution in [1.82, 2.24) is 4.98 Å². The van der Waals surface area contributed by atoms with E-state index in [2.05, 4.69) is 35.3 Å². The van der Waals surface area contributed by atoms with Crippen LogP contribution in [0.15, 0.2) is 48.5 Å². The highest BCUT2D eigenvalue weighted by Gasteiger charge is 2.02. The molecule has 0 spiro atoms. The number of carbonyl (C=O) groups excluding carboxylic acids is 1. The van der Waals surface area contributed by atoms with Crippen molar-refractivity contribution in [3.8, 4) is 0 Å². The number of hydrogen-bond donors (Lipinski definition) is 1. The first kappa shape index (κ1) is 10.8. The maximum absolute atomic E-state index is 10.3. The molecule has 0 aliphatic rings. The standard InChI is InChI=1S/C16H13NO/c18-10-4-3-5-12-8-9-14-13-6-1-2-7-15(13)17-16(14)11-12/h1-3,5-11,17H,4H2. The Hall–Kier alpha value is -2.35. The summed E-state index contributed by atoms with van der Waals surface area (Å²) in [5.41, 5.74) is 3.39. The zero-order valence-electron chi connectivity index (χ0n) is 9.89. The summed E-state index contributed by atoms with van der Waals surface area (Å²) in [5.74, 6) is 0. The third-order valence-corrected chi connectivity index (χ3v) is 3.07. The Bertz CT molecular complexity index is 737. The van der Waals surface area contributed by atoms with Gasteiger partial charge in [-0.05, 0) is 17.7 Å². The number of aromatic amines is 1. The van der Waals surface area contributed by atoms with E-state index in [4.69, 9.17) is 0 Å². The number of carbonyl (C=O) groups is 1. The Kier molecular flexibility index (Phi) is 2.69. The maximum atomic E-state index is 10.3. The van der Waals surface area contributed by atoms with E-state index in [-0.39, 0.29) is 0 Å². The predicted octanol–water partition coefficient (Wildman–Crippen LogP) is 3.92. The number of aromatic nitrogens is 1. The second kappa shape index (κ2) is 4.49. The van der Waals surface area contributed by atoms with Crippen molar-refractivity contribution in [2.24, 2.45) is 0 Å². The number of fused-ring (bicyclic) bond motifs is 3. The lowest BCUT2D eigenvalue weighted by Gasteiger charge is -1.94. The summed E-state index contributed by atoms with van der Waals surface area (Å²) >= 11 is 0. The molecule has 3 rings (SSSR count). The number of H-pyrrole nitrogens is 1. The first-order valence-corrected chi connectivity index (χ1v) is 5.99. The quantitative estimate of drug-likeness (QED) is 0.686. The number of rotatable bonds is 3. The Morgan fingerprint density at radius 2 is 1.83 bits per heavy atom. The van der Waals surface area contributed by atoms with Crippen molar-refractivity contribution < 1.29 is 4.79 Å². The van der Waals surface area contributed by atoms with Crippen LogP contribution in [0.25, 0.3) is 27.9 Å². The minimum absolute atomic E-state index is 0.463. The van der Waals surface area contributed by atoms with Crippen molar-refractivity contribution >= 4 is 34.2 Å². The highest BCUT2D eigenvalue weighted by molar-refractivity contribution is 6.07. The fourth-order valence-electron chi connectivity index (χ4n) is 2.24. The molecule has 88 valence electrons. The molecule has 0 aliphatic carbocycles. The minimum atomic E-state index is 0.463. The van der Waals surface area contributed by atoms with Gasteiger partial charge >= 0.3 is 0 Å². The van der Waals surface area contributed by atoms with Crippen LogP contribution >= 0.6 is 0 Å². The van der Waals surface area contributed by atoms with Crippen LogP contribution in [0, 0.1) is 0 Å². The van der Waals surface area contributed by atoms with Gasteiger partial charge in [0.1, 0.15) is 6.29 Å². The number of nitrogens with one attached hydrogen (secondary N) is 1. The molecule has 0 amide bonds. The average molecular weight is 235 g/mol. The first-order chi connectivity index (χ1) is 8.88.